The highest BCUT2D eigenvalue weighted by Gasteiger charge is 2.86. The largest absolute Gasteiger partial charge is 0.468 e. The molecule has 20 heavy (non-hydrogen) atoms. The predicted octanol–water partition coefficient (Wildman–Crippen LogP) is 1.85. The highest BCUT2D eigenvalue weighted by molar-refractivity contribution is 6.21. The van der Waals surface area contributed by atoms with Crippen molar-refractivity contribution in [3.05, 3.63) is 23.3 Å². The minimum absolute atomic E-state index is 0.0222. The van der Waals surface area contributed by atoms with Crippen LogP contribution in [0.4, 0.5) is 0 Å². The van der Waals surface area contributed by atoms with Crippen LogP contribution in [0.5, 0.6) is 0 Å². The SMILES string of the molecule is COC(=O)[C@]12C=C[C@H]1[C@@]1(C)C(=O)C(C)=C(C)C(=O)[C@]12C. The minimum Gasteiger partial charge on any atom is -0.468 e. The van der Waals surface area contributed by atoms with Crippen molar-refractivity contribution in [1.29, 1.82) is 0 Å². The maximum absolute atomic E-state index is 12.8. The molecule has 0 amide bonds. The highest BCUT2D eigenvalue weighted by Crippen LogP contribution is 2.79. The van der Waals surface area contributed by atoms with Crippen LogP contribution in [0.1, 0.15) is 27.7 Å². The molecule has 1 saturated carbocycles. The number of hydrogen-bond donors (Lipinski definition) is 0. The fraction of sp³-hybridized carbons (Fsp3) is 0.562. The first-order valence-electron chi connectivity index (χ1n) is 6.76. The van der Waals surface area contributed by atoms with Crippen LogP contribution in [0.3, 0.4) is 0 Å². The Labute approximate surface area is 117 Å². The summed E-state index contributed by atoms with van der Waals surface area (Å²) in [7, 11) is 1.32. The van der Waals surface area contributed by atoms with Crippen molar-refractivity contribution in [3.8, 4) is 0 Å². The second-order valence-corrected chi connectivity index (χ2v) is 6.43. The standard InChI is InChI=1S/C16H18O4/c1-8-9(2)12(18)15(4)14(3,11(8)17)10-6-7-16(10,15)13(19)20-5/h6-7,10H,1-5H3/t10-,14-,15+,16-/m0/s1. The molecule has 0 aromatic heterocycles. The second-order valence-electron chi connectivity index (χ2n) is 6.43. The zero-order valence-corrected chi connectivity index (χ0v) is 12.4. The van der Waals surface area contributed by atoms with Crippen molar-refractivity contribution in [3.63, 3.8) is 0 Å². The monoisotopic (exact) mass is 274 g/mol. The number of methoxy groups -OCH3 is 1. The quantitative estimate of drug-likeness (QED) is 0.541. The van der Waals surface area contributed by atoms with E-state index in [0.29, 0.717) is 11.1 Å². The predicted molar refractivity (Wildman–Crippen MR) is 71.7 cm³/mol. The van der Waals surface area contributed by atoms with E-state index in [4.69, 9.17) is 4.74 Å². The summed E-state index contributed by atoms with van der Waals surface area (Å²) in [6, 6.07) is 0. The van der Waals surface area contributed by atoms with Gasteiger partial charge in [-0.05, 0) is 31.9 Å². The summed E-state index contributed by atoms with van der Waals surface area (Å²) in [5, 5.41) is 0. The molecule has 106 valence electrons. The van der Waals surface area contributed by atoms with Crippen LogP contribution in [0.15, 0.2) is 23.3 Å². The van der Waals surface area contributed by atoms with Crippen molar-refractivity contribution in [2.75, 3.05) is 7.11 Å². The Kier molecular flexibility index (Phi) is 2.19. The van der Waals surface area contributed by atoms with Gasteiger partial charge in [-0.2, -0.15) is 0 Å². The molecule has 0 aromatic carbocycles. The molecule has 0 heterocycles. The molecule has 3 rings (SSSR count). The van der Waals surface area contributed by atoms with Crippen LogP contribution < -0.4 is 0 Å². The van der Waals surface area contributed by atoms with Gasteiger partial charge in [0.25, 0.3) is 0 Å². The Morgan fingerprint density at radius 2 is 1.70 bits per heavy atom. The van der Waals surface area contributed by atoms with Crippen molar-refractivity contribution < 1.29 is 19.1 Å². The summed E-state index contributed by atoms with van der Waals surface area (Å²) >= 11 is 0. The number of rotatable bonds is 1. The van der Waals surface area contributed by atoms with E-state index >= 15 is 0 Å². The molecule has 0 radical (unpaired) electrons. The number of ketones is 2. The van der Waals surface area contributed by atoms with E-state index in [1.165, 1.54) is 7.11 Å². The lowest BCUT2D eigenvalue weighted by Crippen LogP contribution is -2.81. The lowest BCUT2D eigenvalue weighted by atomic mass is 9.24. The molecule has 0 spiro atoms. The summed E-state index contributed by atoms with van der Waals surface area (Å²) < 4.78 is 4.91. The molecule has 1 fully saturated rings. The molecule has 3 aliphatic rings. The zero-order valence-electron chi connectivity index (χ0n) is 12.4. The number of Topliss-reactive ketones (excluding diaryl/α,β-unsaturated/α-hetero) is 2. The van der Waals surface area contributed by atoms with E-state index < -0.39 is 22.2 Å². The third-order valence-corrected chi connectivity index (χ3v) is 6.22. The Hall–Kier alpha value is -1.71. The summed E-state index contributed by atoms with van der Waals surface area (Å²) in [4.78, 5) is 37.8. The van der Waals surface area contributed by atoms with Crippen molar-refractivity contribution >= 4 is 17.5 Å². The highest BCUT2D eigenvalue weighted by atomic mass is 16.5. The van der Waals surface area contributed by atoms with Crippen LogP contribution >= 0.6 is 0 Å². The van der Waals surface area contributed by atoms with Crippen LogP contribution in [0, 0.1) is 22.2 Å². The van der Waals surface area contributed by atoms with Gasteiger partial charge >= 0.3 is 5.97 Å². The van der Waals surface area contributed by atoms with Gasteiger partial charge in [0.05, 0.1) is 17.9 Å². The number of fused-ring (bicyclic) bond motifs is 4. The number of ether oxygens (including phenoxy) is 1. The zero-order chi connectivity index (χ0) is 15.1. The fourth-order valence-electron chi connectivity index (χ4n) is 4.64. The molecule has 0 aliphatic heterocycles. The molecule has 0 N–H and O–H groups in total. The van der Waals surface area contributed by atoms with Crippen molar-refractivity contribution in [2.24, 2.45) is 22.2 Å². The molecular formula is C16H18O4. The third kappa shape index (κ3) is 0.867. The maximum Gasteiger partial charge on any atom is 0.317 e. The van der Waals surface area contributed by atoms with Gasteiger partial charge in [-0.15, -0.1) is 0 Å². The first kappa shape index (κ1) is 13.3. The topological polar surface area (TPSA) is 60.4 Å². The van der Waals surface area contributed by atoms with Gasteiger partial charge in [-0.25, -0.2) is 0 Å². The average Bonchev–Trinajstić information content (AvgIpc) is 2.40. The number of esters is 1. The number of carbonyl (C=O) groups is 3. The molecule has 4 heteroatoms. The van der Waals surface area contributed by atoms with Gasteiger partial charge in [0.2, 0.25) is 0 Å². The number of allylic oxidation sites excluding steroid dienone is 3. The van der Waals surface area contributed by atoms with E-state index in [0.717, 1.165) is 0 Å². The normalized spacial score (nSPS) is 45.4. The molecule has 4 nitrogen and oxygen atoms in total. The van der Waals surface area contributed by atoms with Gasteiger partial charge in [-0.1, -0.05) is 19.1 Å². The maximum atomic E-state index is 12.8. The molecule has 0 saturated heterocycles. The summed E-state index contributed by atoms with van der Waals surface area (Å²) in [5.41, 5.74) is -1.85. The van der Waals surface area contributed by atoms with Crippen LogP contribution in [0.25, 0.3) is 0 Å². The van der Waals surface area contributed by atoms with Gasteiger partial charge < -0.3 is 4.74 Å². The fourth-order valence-corrected chi connectivity index (χ4v) is 4.64. The Morgan fingerprint density at radius 1 is 1.15 bits per heavy atom. The summed E-state index contributed by atoms with van der Waals surface area (Å²) in [5.74, 6) is -0.792. The Bertz CT molecular complexity index is 641. The van der Waals surface area contributed by atoms with E-state index in [1.54, 1.807) is 33.8 Å². The number of hydrogen-bond acceptors (Lipinski definition) is 4. The van der Waals surface area contributed by atoms with Gasteiger partial charge in [0.15, 0.2) is 11.6 Å². The van der Waals surface area contributed by atoms with E-state index in [9.17, 15) is 14.4 Å². The lowest BCUT2D eigenvalue weighted by Gasteiger charge is -2.73. The second kappa shape index (κ2) is 3.30. The molecule has 0 bridgehead atoms. The first-order chi connectivity index (χ1) is 9.21. The van der Waals surface area contributed by atoms with Crippen LogP contribution in [-0.4, -0.2) is 24.6 Å². The molecule has 0 aromatic rings. The molecule has 4 atom stereocenters. The first-order valence-corrected chi connectivity index (χ1v) is 6.76. The van der Waals surface area contributed by atoms with Crippen LogP contribution in [0.2, 0.25) is 0 Å². The smallest absolute Gasteiger partial charge is 0.317 e. The Balaban J connectivity index is 2.28. The van der Waals surface area contributed by atoms with Gasteiger partial charge in [0, 0.05) is 5.92 Å². The van der Waals surface area contributed by atoms with E-state index in [-0.39, 0.29) is 17.5 Å². The molecule has 3 aliphatic carbocycles. The number of carbonyl (C=O) groups excluding carboxylic acids is 3. The molecule has 0 unspecified atom stereocenters. The van der Waals surface area contributed by atoms with Gasteiger partial charge in [0.1, 0.15) is 5.41 Å². The van der Waals surface area contributed by atoms with Crippen LogP contribution in [-0.2, 0) is 19.1 Å². The average molecular weight is 274 g/mol. The Morgan fingerprint density at radius 3 is 2.15 bits per heavy atom. The van der Waals surface area contributed by atoms with E-state index in [1.807, 2.05) is 6.08 Å². The third-order valence-electron chi connectivity index (χ3n) is 6.22. The lowest BCUT2D eigenvalue weighted by molar-refractivity contribution is -0.231. The van der Waals surface area contributed by atoms with Crippen molar-refractivity contribution in [2.45, 2.75) is 27.7 Å². The minimum atomic E-state index is -1.03. The van der Waals surface area contributed by atoms with Gasteiger partial charge in [-0.3, -0.25) is 14.4 Å². The van der Waals surface area contributed by atoms with E-state index in [2.05, 4.69) is 0 Å². The molecular weight excluding hydrogens is 256 g/mol. The van der Waals surface area contributed by atoms with Crippen molar-refractivity contribution in [1.82, 2.24) is 0 Å². The summed E-state index contributed by atoms with van der Waals surface area (Å²) in [6.45, 7) is 6.90. The summed E-state index contributed by atoms with van der Waals surface area (Å²) in [6.07, 6.45) is 3.60.